The number of alkyl halides is 3. The summed E-state index contributed by atoms with van der Waals surface area (Å²) in [7, 11) is 0. The first-order valence-electron chi connectivity index (χ1n) is 10.1. The number of benzene rings is 1. The lowest BCUT2D eigenvalue weighted by molar-refractivity contribution is -0.162. The molecule has 0 spiro atoms. The average Bonchev–Trinajstić information content (AvgIpc) is 3.02. The van der Waals surface area contributed by atoms with E-state index in [2.05, 4.69) is 4.98 Å². The van der Waals surface area contributed by atoms with E-state index in [1.807, 2.05) is 12.2 Å². The van der Waals surface area contributed by atoms with Crippen molar-refractivity contribution in [3.8, 4) is 11.1 Å². The van der Waals surface area contributed by atoms with Gasteiger partial charge in [-0.05, 0) is 37.0 Å². The molecule has 1 amide bonds. The lowest BCUT2D eigenvalue weighted by atomic mass is 9.99. The van der Waals surface area contributed by atoms with E-state index in [1.54, 1.807) is 4.90 Å². The standard InChI is InChI=1S/C22H25F5N4O/c1-12(2)19(22(25,26)27)30-20(32)17-10-29-9-16(13-6-14(23)8-15(24)7-13)18(17)31-5-4-21(3,28)11-31/h6-10,12,19H,4-5,11,28H2,1-3H3,(H,30,32)/t19?,21-/m0/s1. The van der Waals surface area contributed by atoms with Gasteiger partial charge >= 0.3 is 6.18 Å². The molecule has 0 radical (unpaired) electrons. The topological polar surface area (TPSA) is 71.2 Å². The minimum atomic E-state index is -4.65. The lowest BCUT2D eigenvalue weighted by Gasteiger charge is -2.28. The van der Waals surface area contributed by atoms with Crippen molar-refractivity contribution in [1.82, 2.24) is 10.3 Å². The number of rotatable bonds is 5. The van der Waals surface area contributed by atoms with Gasteiger partial charge in [0.1, 0.15) is 17.7 Å². The molecule has 3 rings (SSSR count). The Kier molecular flexibility index (Phi) is 6.46. The monoisotopic (exact) mass is 456 g/mol. The quantitative estimate of drug-likeness (QED) is 0.660. The molecule has 2 heterocycles. The summed E-state index contributed by atoms with van der Waals surface area (Å²) in [5, 5.41) is 2.05. The lowest BCUT2D eigenvalue weighted by Crippen LogP contribution is -2.49. The molecule has 32 heavy (non-hydrogen) atoms. The summed E-state index contributed by atoms with van der Waals surface area (Å²) < 4.78 is 68.1. The Hall–Kier alpha value is -2.75. The fourth-order valence-corrected chi connectivity index (χ4v) is 3.90. The largest absolute Gasteiger partial charge is 0.408 e. The zero-order chi connectivity index (χ0) is 23.8. The predicted molar refractivity (Wildman–Crippen MR) is 111 cm³/mol. The fourth-order valence-electron chi connectivity index (χ4n) is 3.90. The molecule has 1 aliphatic heterocycles. The molecule has 0 saturated carbocycles. The second kappa shape index (κ2) is 8.65. The number of amides is 1. The summed E-state index contributed by atoms with van der Waals surface area (Å²) in [4.78, 5) is 18.7. The van der Waals surface area contributed by atoms with Gasteiger partial charge in [0.2, 0.25) is 0 Å². The molecule has 1 aliphatic rings. The molecule has 174 valence electrons. The predicted octanol–water partition coefficient (Wildman–Crippen LogP) is 4.27. The third-order valence-corrected chi connectivity index (χ3v) is 5.46. The van der Waals surface area contributed by atoms with Crippen LogP contribution in [0.1, 0.15) is 37.6 Å². The van der Waals surface area contributed by atoms with E-state index in [1.165, 1.54) is 20.0 Å². The van der Waals surface area contributed by atoms with Crippen LogP contribution >= 0.6 is 0 Å². The number of carbonyl (C=O) groups is 1. The number of anilines is 1. The van der Waals surface area contributed by atoms with Crippen LogP contribution in [0.3, 0.4) is 0 Å². The molecular formula is C22H25F5N4O. The number of hydrogen-bond donors (Lipinski definition) is 2. The van der Waals surface area contributed by atoms with Crippen molar-refractivity contribution in [3.63, 3.8) is 0 Å². The molecule has 1 aromatic carbocycles. The number of nitrogens with one attached hydrogen (secondary N) is 1. The number of halogens is 5. The number of nitrogens with zero attached hydrogens (tertiary/aromatic N) is 2. The van der Waals surface area contributed by atoms with Crippen molar-refractivity contribution >= 4 is 11.6 Å². The van der Waals surface area contributed by atoms with Gasteiger partial charge in [0, 0.05) is 42.7 Å². The van der Waals surface area contributed by atoms with Crippen molar-refractivity contribution in [1.29, 1.82) is 0 Å². The maximum absolute atomic E-state index is 13.9. The van der Waals surface area contributed by atoms with E-state index in [9.17, 15) is 26.7 Å². The summed E-state index contributed by atoms with van der Waals surface area (Å²) in [5.74, 6) is -3.55. The van der Waals surface area contributed by atoms with Gasteiger partial charge in [0.25, 0.3) is 5.91 Å². The molecule has 1 fully saturated rings. The summed E-state index contributed by atoms with van der Waals surface area (Å²) in [6.45, 7) is 5.23. The Labute approximate surface area is 182 Å². The fraction of sp³-hybridized carbons (Fsp3) is 0.455. The second-order valence-corrected chi connectivity index (χ2v) is 8.80. The van der Waals surface area contributed by atoms with Crippen molar-refractivity contribution in [2.75, 3.05) is 18.0 Å². The number of pyridine rings is 1. The second-order valence-electron chi connectivity index (χ2n) is 8.80. The smallest absolute Gasteiger partial charge is 0.368 e. The van der Waals surface area contributed by atoms with Crippen LogP contribution in [0.5, 0.6) is 0 Å². The Morgan fingerprint density at radius 3 is 2.31 bits per heavy atom. The van der Waals surface area contributed by atoms with Gasteiger partial charge < -0.3 is 16.0 Å². The summed E-state index contributed by atoms with van der Waals surface area (Å²) in [6, 6.07) is 0.790. The van der Waals surface area contributed by atoms with Gasteiger partial charge in [-0.3, -0.25) is 9.78 Å². The normalized spacial score (nSPS) is 20.0. The SMILES string of the molecule is CC(C)C(NC(=O)c1cncc(-c2cc(F)cc(F)c2)c1N1CC[C@](C)(N)C1)C(F)(F)F. The highest BCUT2D eigenvalue weighted by molar-refractivity contribution is 6.03. The first kappa shape index (κ1) is 23.9. The van der Waals surface area contributed by atoms with Crippen LogP contribution in [0, 0.1) is 17.6 Å². The van der Waals surface area contributed by atoms with E-state index in [-0.39, 0.29) is 22.4 Å². The number of aromatic nitrogens is 1. The molecule has 3 N–H and O–H groups in total. The molecule has 1 unspecified atom stereocenters. The van der Waals surface area contributed by atoms with Gasteiger partial charge in [-0.15, -0.1) is 0 Å². The Bertz CT molecular complexity index is 986. The molecule has 1 saturated heterocycles. The van der Waals surface area contributed by atoms with Gasteiger partial charge in [-0.25, -0.2) is 8.78 Å². The molecule has 2 atom stereocenters. The van der Waals surface area contributed by atoms with E-state index >= 15 is 0 Å². The molecule has 0 aliphatic carbocycles. The summed E-state index contributed by atoms with van der Waals surface area (Å²) in [6.07, 6.45) is -1.60. The third-order valence-electron chi connectivity index (χ3n) is 5.46. The van der Waals surface area contributed by atoms with Crippen LogP contribution in [0.15, 0.2) is 30.6 Å². The summed E-state index contributed by atoms with van der Waals surface area (Å²) in [5.41, 5.74) is 6.06. The molecule has 5 nitrogen and oxygen atoms in total. The summed E-state index contributed by atoms with van der Waals surface area (Å²) >= 11 is 0. The first-order chi connectivity index (χ1) is 14.8. The Balaban J connectivity index is 2.13. The Morgan fingerprint density at radius 1 is 1.19 bits per heavy atom. The van der Waals surface area contributed by atoms with E-state index in [0.29, 0.717) is 25.6 Å². The number of nitrogens with two attached hydrogens (primary N) is 1. The Morgan fingerprint density at radius 2 is 1.81 bits per heavy atom. The third kappa shape index (κ3) is 5.17. The van der Waals surface area contributed by atoms with Gasteiger partial charge in [-0.2, -0.15) is 13.2 Å². The number of carbonyl (C=O) groups excluding carboxylic acids is 1. The number of hydrogen-bond acceptors (Lipinski definition) is 4. The molecular weight excluding hydrogens is 431 g/mol. The van der Waals surface area contributed by atoms with Crippen LogP contribution in [0.4, 0.5) is 27.6 Å². The molecule has 10 heteroatoms. The minimum absolute atomic E-state index is 0.113. The average molecular weight is 456 g/mol. The van der Waals surface area contributed by atoms with Crippen molar-refractivity contribution in [3.05, 3.63) is 47.8 Å². The zero-order valence-corrected chi connectivity index (χ0v) is 17.9. The maximum atomic E-state index is 13.9. The highest BCUT2D eigenvalue weighted by Crippen LogP contribution is 2.37. The van der Waals surface area contributed by atoms with Crippen molar-refractivity contribution in [2.24, 2.45) is 11.7 Å². The van der Waals surface area contributed by atoms with E-state index in [0.717, 1.165) is 18.3 Å². The highest BCUT2D eigenvalue weighted by Gasteiger charge is 2.43. The maximum Gasteiger partial charge on any atom is 0.408 e. The van der Waals surface area contributed by atoms with Gasteiger partial charge in [-0.1, -0.05) is 13.8 Å². The highest BCUT2D eigenvalue weighted by atomic mass is 19.4. The molecule has 1 aromatic heterocycles. The first-order valence-corrected chi connectivity index (χ1v) is 10.1. The van der Waals surface area contributed by atoms with Crippen LogP contribution in [0.2, 0.25) is 0 Å². The zero-order valence-electron chi connectivity index (χ0n) is 17.9. The molecule has 0 bridgehead atoms. The minimum Gasteiger partial charge on any atom is -0.368 e. The van der Waals surface area contributed by atoms with E-state index in [4.69, 9.17) is 5.73 Å². The van der Waals surface area contributed by atoms with Gasteiger partial charge in [0.15, 0.2) is 0 Å². The van der Waals surface area contributed by atoms with Crippen LogP contribution < -0.4 is 16.0 Å². The molecule has 2 aromatic rings. The van der Waals surface area contributed by atoms with Crippen molar-refractivity contribution in [2.45, 2.75) is 44.9 Å². The van der Waals surface area contributed by atoms with Crippen LogP contribution in [-0.4, -0.2) is 41.7 Å². The van der Waals surface area contributed by atoms with E-state index < -0.39 is 41.2 Å². The van der Waals surface area contributed by atoms with Crippen molar-refractivity contribution < 1.29 is 26.7 Å². The van der Waals surface area contributed by atoms with Gasteiger partial charge in [0.05, 0.1) is 11.3 Å². The van der Waals surface area contributed by atoms with Crippen LogP contribution in [-0.2, 0) is 0 Å². The van der Waals surface area contributed by atoms with Crippen LogP contribution in [0.25, 0.3) is 11.1 Å².